The van der Waals surface area contributed by atoms with Crippen LogP contribution in [0.3, 0.4) is 0 Å². The molecule has 0 aliphatic carbocycles. The second kappa shape index (κ2) is 5.54. The van der Waals surface area contributed by atoms with Crippen LogP contribution in [0.4, 0.5) is 0 Å². The summed E-state index contributed by atoms with van der Waals surface area (Å²) < 4.78 is 5.50. The van der Waals surface area contributed by atoms with Crippen molar-refractivity contribution < 1.29 is 9.53 Å². The van der Waals surface area contributed by atoms with Gasteiger partial charge in [-0.25, -0.2) is 0 Å². The minimum Gasteiger partial charge on any atom is -0.490 e. The molecule has 0 spiro atoms. The van der Waals surface area contributed by atoms with Crippen LogP contribution in [-0.4, -0.2) is 12.0 Å². The molecule has 18 heavy (non-hydrogen) atoms. The van der Waals surface area contributed by atoms with Crippen LogP contribution in [0.1, 0.15) is 18.9 Å². The Bertz CT molecular complexity index is 477. The first-order valence-corrected chi connectivity index (χ1v) is 6.02. The van der Waals surface area contributed by atoms with Gasteiger partial charge in [-0.1, -0.05) is 43.0 Å². The highest BCUT2D eigenvalue weighted by Crippen LogP contribution is 2.25. The van der Waals surface area contributed by atoms with Crippen LogP contribution in [0, 0.1) is 0 Å². The number of benzene rings is 1. The number of carbonyl (C=O) groups is 1. The smallest absolute Gasteiger partial charge is 0.250 e. The summed E-state index contributed by atoms with van der Waals surface area (Å²) in [6.45, 7) is 6.04. The van der Waals surface area contributed by atoms with E-state index in [9.17, 15) is 4.79 Å². The fourth-order valence-electron chi connectivity index (χ4n) is 1.95. The van der Waals surface area contributed by atoms with Gasteiger partial charge in [0.25, 0.3) is 5.91 Å². The Balaban J connectivity index is 1.93. The Kier molecular flexibility index (Phi) is 3.82. The Hall–Kier alpha value is -2.03. The van der Waals surface area contributed by atoms with Crippen molar-refractivity contribution in [2.24, 2.45) is 0 Å². The summed E-state index contributed by atoms with van der Waals surface area (Å²) in [5.41, 5.74) is 1.80. The average molecular weight is 243 g/mol. The second-order valence-electron chi connectivity index (χ2n) is 4.30. The molecule has 0 saturated carbocycles. The van der Waals surface area contributed by atoms with Gasteiger partial charge >= 0.3 is 0 Å². The fourth-order valence-corrected chi connectivity index (χ4v) is 1.95. The maximum atomic E-state index is 12.0. The first-order chi connectivity index (χ1) is 8.70. The lowest BCUT2D eigenvalue weighted by atomic mass is 10.1. The van der Waals surface area contributed by atoms with Gasteiger partial charge in [-0.15, -0.1) is 0 Å². The van der Waals surface area contributed by atoms with Crippen LogP contribution in [0.5, 0.6) is 0 Å². The minimum absolute atomic E-state index is 0.0549. The Morgan fingerprint density at radius 3 is 2.83 bits per heavy atom. The molecule has 1 unspecified atom stereocenters. The molecule has 1 N–H and O–H groups in total. The summed E-state index contributed by atoms with van der Waals surface area (Å²) in [7, 11) is 0. The van der Waals surface area contributed by atoms with Crippen LogP contribution < -0.4 is 5.32 Å². The van der Waals surface area contributed by atoms with Crippen molar-refractivity contribution >= 4 is 5.91 Å². The lowest BCUT2D eigenvalue weighted by Gasteiger charge is -2.05. The molecule has 2 rings (SSSR count). The predicted molar refractivity (Wildman–Crippen MR) is 70.7 cm³/mol. The first kappa shape index (κ1) is 12.4. The summed E-state index contributed by atoms with van der Waals surface area (Å²) in [5.74, 6) is 0.645. The van der Waals surface area contributed by atoms with Crippen LogP contribution >= 0.6 is 0 Å². The molecule has 1 aliphatic heterocycles. The van der Waals surface area contributed by atoms with E-state index in [1.54, 1.807) is 6.08 Å². The summed E-state index contributed by atoms with van der Waals surface area (Å²) in [5, 5.41) is 2.90. The van der Waals surface area contributed by atoms with E-state index in [-0.39, 0.29) is 12.0 Å². The summed E-state index contributed by atoms with van der Waals surface area (Å²) in [6, 6.07) is 9.84. The zero-order valence-electron chi connectivity index (χ0n) is 10.5. The molecule has 3 heteroatoms. The fraction of sp³-hybridized carbons (Fsp3) is 0.267. The van der Waals surface area contributed by atoms with Gasteiger partial charge in [-0.05, 0) is 12.5 Å². The number of hydrogen-bond acceptors (Lipinski definition) is 2. The highest BCUT2D eigenvalue weighted by Gasteiger charge is 2.25. The van der Waals surface area contributed by atoms with Gasteiger partial charge in [0.2, 0.25) is 0 Å². The molecule has 0 saturated heterocycles. The van der Waals surface area contributed by atoms with Gasteiger partial charge in [0.1, 0.15) is 11.9 Å². The van der Waals surface area contributed by atoms with Crippen LogP contribution in [0.25, 0.3) is 0 Å². The number of carbonyl (C=O) groups excluding carboxylic acids is 1. The van der Waals surface area contributed by atoms with Crippen LogP contribution in [0.15, 0.2) is 54.3 Å². The third-order valence-corrected chi connectivity index (χ3v) is 2.99. The Labute approximate surface area is 107 Å². The molecule has 0 aromatic heterocycles. The summed E-state index contributed by atoms with van der Waals surface area (Å²) in [4.78, 5) is 12.0. The maximum Gasteiger partial charge on any atom is 0.250 e. The molecule has 1 heterocycles. The SMILES string of the molecule is C=CC1CC(C(=O)NCc2ccccc2)=C(C)O1. The molecule has 0 fully saturated rings. The zero-order chi connectivity index (χ0) is 13.0. The molecule has 0 bridgehead atoms. The first-order valence-electron chi connectivity index (χ1n) is 6.02. The molecule has 1 aromatic rings. The third-order valence-electron chi connectivity index (χ3n) is 2.99. The van der Waals surface area contributed by atoms with Crippen LogP contribution in [0.2, 0.25) is 0 Å². The summed E-state index contributed by atoms with van der Waals surface area (Å²) >= 11 is 0. The van der Waals surface area contributed by atoms with E-state index in [2.05, 4.69) is 11.9 Å². The standard InChI is InChI=1S/C15H17NO2/c1-3-13-9-14(11(2)18-13)15(17)16-10-12-7-5-4-6-8-12/h3-8,13H,1,9-10H2,2H3,(H,16,17). The number of nitrogens with one attached hydrogen (secondary N) is 1. The van der Waals surface area contributed by atoms with E-state index in [0.717, 1.165) is 11.1 Å². The van der Waals surface area contributed by atoms with E-state index >= 15 is 0 Å². The normalized spacial score (nSPS) is 18.4. The minimum atomic E-state index is -0.0672. The van der Waals surface area contributed by atoms with Gasteiger partial charge < -0.3 is 10.1 Å². The van der Waals surface area contributed by atoms with Gasteiger partial charge in [-0.2, -0.15) is 0 Å². The molecule has 1 amide bonds. The van der Waals surface area contributed by atoms with Crippen molar-refractivity contribution in [3.05, 3.63) is 59.9 Å². The van der Waals surface area contributed by atoms with E-state index in [4.69, 9.17) is 4.74 Å². The Morgan fingerprint density at radius 2 is 2.22 bits per heavy atom. The molecular formula is C15H17NO2. The molecule has 94 valence electrons. The molecule has 0 radical (unpaired) electrons. The van der Waals surface area contributed by atoms with Crippen molar-refractivity contribution in [3.63, 3.8) is 0 Å². The number of ether oxygens (including phenoxy) is 1. The van der Waals surface area contributed by atoms with Crippen molar-refractivity contribution in [1.82, 2.24) is 5.32 Å². The molecule has 3 nitrogen and oxygen atoms in total. The topological polar surface area (TPSA) is 38.3 Å². The van der Waals surface area contributed by atoms with Crippen LogP contribution in [-0.2, 0) is 16.1 Å². The number of allylic oxidation sites excluding steroid dienone is 1. The number of amides is 1. The third kappa shape index (κ3) is 2.80. The number of hydrogen-bond donors (Lipinski definition) is 1. The summed E-state index contributed by atoms with van der Waals surface area (Å²) in [6.07, 6.45) is 2.26. The van der Waals surface area contributed by atoms with Gasteiger partial charge in [0.05, 0.1) is 5.57 Å². The quantitative estimate of drug-likeness (QED) is 0.825. The van der Waals surface area contributed by atoms with E-state index < -0.39 is 0 Å². The molecule has 1 atom stereocenters. The van der Waals surface area contributed by atoms with Crippen molar-refractivity contribution in [2.45, 2.75) is 26.0 Å². The van der Waals surface area contributed by atoms with E-state index in [1.165, 1.54) is 0 Å². The number of rotatable bonds is 4. The van der Waals surface area contributed by atoms with E-state index in [0.29, 0.717) is 18.7 Å². The lowest BCUT2D eigenvalue weighted by Crippen LogP contribution is -2.24. The van der Waals surface area contributed by atoms with Crippen molar-refractivity contribution in [3.8, 4) is 0 Å². The van der Waals surface area contributed by atoms with Gasteiger partial charge in [0.15, 0.2) is 0 Å². The predicted octanol–water partition coefficient (Wildman–Crippen LogP) is 2.55. The average Bonchev–Trinajstić information content (AvgIpc) is 2.78. The highest BCUT2D eigenvalue weighted by molar-refractivity contribution is 5.94. The van der Waals surface area contributed by atoms with Gasteiger partial charge in [0, 0.05) is 13.0 Å². The zero-order valence-corrected chi connectivity index (χ0v) is 10.5. The second-order valence-corrected chi connectivity index (χ2v) is 4.30. The monoisotopic (exact) mass is 243 g/mol. The molecular weight excluding hydrogens is 226 g/mol. The van der Waals surface area contributed by atoms with Crippen molar-refractivity contribution in [2.75, 3.05) is 0 Å². The van der Waals surface area contributed by atoms with Crippen molar-refractivity contribution in [1.29, 1.82) is 0 Å². The Morgan fingerprint density at radius 1 is 1.50 bits per heavy atom. The largest absolute Gasteiger partial charge is 0.490 e. The molecule has 1 aliphatic rings. The lowest BCUT2D eigenvalue weighted by molar-refractivity contribution is -0.117. The van der Waals surface area contributed by atoms with E-state index in [1.807, 2.05) is 37.3 Å². The highest BCUT2D eigenvalue weighted by atomic mass is 16.5. The van der Waals surface area contributed by atoms with Gasteiger partial charge in [-0.3, -0.25) is 4.79 Å². The maximum absolute atomic E-state index is 12.0. The molecule has 1 aromatic carbocycles.